The van der Waals surface area contributed by atoms with Crippen LogP contribution >= 0.6 is 0 Å². The van der Waals surface area contributed by atoms with Gasteiger partial charge < -0.3 is 14.7 Å². The van der Waals surface area contributed by atoms with Crippen LogP contribution in [0.2, 0.25) is 0 Å². The molecule has 1 fully saturated rings. The van der Waals surface area contributed by atoms with Crippen molar-refractivity contribution in [1.29, 1.82) is 0 Å². The molecule has 2 aromatic heterocycles. The quantitative estimate of drug-likeness (QED) is 0.671. The third-order valence-electron chi connectivity index (χ3n) is 5.67. The van der Waals surface area contributed by atoms with E-state index in [2.05, 4.69) is 26.4 Å². The predicted molar refractivity (Wildman–Crippen MR) is 118 cm³/mol. The van der Waals surface area contributed by atoms with E-state index in [1.807, 2.05) is 32.9 Å². The zero-order valence-electron chi connectivity index (χ0n) is 18.0. The Kier molecular flexibility index (Phi) is 5.97. The highest BCUT2D eigenvalue weighted by Gasteiger charge is 2.21. The summed E-state index contributed by atoms with van der Waals surface area (Å²) < 4.78 is 5.45. The molecule has 1 N–H and O–H groups in total. The maximum atomic E-state index is 12.5. The zero-order chi connectivity index (χ0) is 21.1. The molecule has 7 nitrogen and oxygen atoms in total. The lowest BCUT2D eigenvalue weighted by Gasteiger charge is -2.22. The van der Waals surface area contributed by atoms with Crippen LogP contribution in [0.1, 0.15) is 54.7 Å². The van der Waals surface area contributed by atoms with E-state index in [0.717, 1.165) is 54.1 Å². The van der Waals surface area contributed by atoms with Crippen LogP contribution in [0.25, 0.3) is 11.1 Å². The summed E-state index contributed by atoms with van der Waals surface area (Å²) in [6.45, 7) is 7.92. The number of carbonyl (C=O) groups excluding carboxylic acids is 1. The zero-order valence-corrected chi connectivity index (χ0v) is 18.0. The Morgan fingerprint density at radius 1 is 1.10 bits per heavy atom. The van der Waals surface area contributed by atoms with Gasteiger partial charge in [-0.05, 0) is 45.2 Å². The van der Waals surface area contributed by atoms with Gasteiger partial charge in [0.05, 0.1) is 5.69 Å². The van der Waals surface area contributed by atoms with Gasteiger partial charge in [0.15, 0.2) is 0 Å². The number of nitrogens with one attached hydrogen (secondary N) is 1. The fraction of sp³-hybridized carbons (Fsp3) is 0.478. The molecule has 158 valence electrons. The van der Waals surface area contributed by atoms with E-state index in [1.54, 1.807) is 0 Å². The molecule has 1 aliphatic heterocycles. The second kappa shape index (κ2) is 8.81. The third kappa shape index (κ3) is 4.45. The van der Waals surface area contributed by atoms with E-state index in [1.165, 1.54) is 18.4 Å². The molecule has 3 aromatic rings. The molecule has 0 unspecified atom stereocenters. The van der Waals surface area contributed by atoms with Crippen molar-refractivity contribution in [3.63, 3.8) is 0 Å². The van der Waals surface area contributed by atoms with Gasteiger partial charge >= 0.3 is 0 Å². The van der Waals surface area contributed by atoms with Gasteiger partial charge in [-0.15, -0.1) is 0 Å². The summed E-state index contributed by atoms with van der Waals surface area (Å²) in [5.41, 5.74) is 4.39. The fourth-order valence-corrected chi connectivity index (χ4v) is 4.03. The SMILES string of the molecule is Cc1ccc(NC(=O)CCc2nc(N3CCCCCC3)c3c(C)noc3n2)c(C)c1. The average molecular weight is 408 g/mol. The molecular weight excluding hydrogens is 378 g/mol. The van der Waals surface area contributed by atoms with Crippen molar-refractivity contribution in [2.24, 2.45) is 0 Å². The summed E-state index contributed by atoms with van der Waals surface area (Å²) in [5, 5.41) is 7.98. The van der Waals surface area contributed by atoms with Crippen molar-refractivity contribution in [1.82, 2.24) is 15.1 Å². The second-order valence-electron chi connectivity index (χ2n) is 8.18. The molecule has 0 atom stereocenters. The van der Waals surface area contributed by atoms with Crippen LogP contribution < -0.4 is 10.2 Å². The molecule has 0 radical (unpaired) electrons. The molecule has 0 aliphatic carbocycles. The van der Waals surface area contributed by atoms with Crippen LogP contribution in [0.5, 0.6) is 0 Å². The van der Waals surface area contributed by atoms with E-state index in [9.17, 15) is 4.79 Å². The molecule has 0 bridgehead atoms. The van der Waals surface area contributed by atoms with Crippen molar-refractivity contribution in [3.8, 4) is 0 Å². The number of hydrogen-bond donors (Lipinski definition) is 1. The number of fused-ring (bicyclic) bond motifs is 1. The second-order valence-corrected chi connectivity index (χ2v) is 8.18. The first-order valence-corrected chi connectivity index (χ1v) is 10.8. The minimum absolute atomic E-state index is 0.0456. The number of anilines is 2. The molecule has 0 spiro atoms. The monoisotopic (exact) mass is 407 g/mol. The van der Waals surface area contributed by atoms with Gasteiger partial charge in [-0.25, -0.2) is 4.98 Å². The van der Waals surface area contributed by atoms with Gasteiger partial charge in [0.1, 0.15) is 17.0 Å². The maximum absolute atomic E-state index is 12.5. The third-order valence-corrected chi connectivity index (χ3v) is 5.67. The maximum Gasteiger partial charge on any atom is 0.263 e. The predicted octanol–water partition coefficient (Wildman–Crippen LogP) is 4.49. The number of amides is 1. The lowest BCUT2D eigenvalue weighted by molar-refractivity contribution is -0.116. The highest BCUT2D eigenvalue weighted by Crippen LogP contribution is 2.29. The van der Waals surface area contributed by atoms with E-state index < -0.39 is 0 Å². The summed E-state index contributed by atoms with van der Waals surface area (Å²) in [4.78, 5) is 24.2. The molecular formula is C23H29N5O2. The first kappa shape index (κ1) is 20.3. The van der Waals surface area contributed by atoms with Gasteiger partial charge in [0.25, 0.3) is 5.71 Å². The number of benzene rings is 1. The van der Waals surface area contributed by atoms with Crippen molar-refractivity contribution in [3.05, 3.63) is 40.8 Å². The summed E-state index contributed by atoms with van der Waals surface area (Å²) in [7, 11) is 0. The Bertz CT molecular complexity index is 1050. The van der Waals surface area contributed by atoms with Crippen molar-refractivity contribution in [2.75, 3.05) is 23.3 Å². The number of carbonyl (C=O) groups is 1. The van der Waals surface area contributed by atoms with Crippen LogP contribution in [0.3, 0.4) is 0 Å². The fourth-order valence-electron chi connectivity index (χ4n) is 4.03. The highest BCUT2D eigenvalue weighted by atomic mass is 16.5. The first-order valence-electron chi connectivity index (χ1n) is 10.8. The largest absolute Gasteiger partial charge is 0.356 e. The van der Waals surface area contributed by atoms with Gasteiger partial charge in [-0.1, -0.05) is 35.7 Å². The Morgan fingerprint density at radius 3 is 2.60 bits per heavy atom. The Balaban J connectivity index is 1.52. The molecule has 4 rings (SSSR count). The number of nitrogens with zero attached hydrogens (tertiary/aromatic N) is 4. The van der Waals surface area contributed by atoms with Crippen molar-refractivity contribution < 1.29 is 9.32 Å². The molecule has 1 aliphatic rings. The minimum atomic E-state index is -0.0456. The Labute approximate surface area is 176 Å². The summed E-state index contributed by atoms with van der Waals surface area (Å²) in [5.74, 6) is 1.47. The van der Waals surface area contributed by atoms with Crippen LogP contribution in [0.15, 0.2) is 22.7 Å². The van der Waals surface area contributed by atoms with Crippen LogP contribution in [0, 0.1) is 20.8 Å². The lowest BCUT2D eigenvalue weighted by atomic mass is 10.1. The molecule has 30 heavy (non-hydrogen) atoms. The summed E-state index contributed by atoms with van der Waals surface area (Å²) in [6, 6.07) is 6.01. The first-order chi connectivity index (χ1) is 14.5. The number of rotatable bonds is 5. The van der Waals surface area contributed by atoms with E-state index in [4.69, 9.17) is 9.51 Å². The standard InChI is InChI=1S/C23H29N5O2/c1-15-8-9-18(16(2)14-15)24-20(29)11-10-19-25-22(28-12-6-4-5-7-13-28)21-17(3)27-30-23(21)26-19/h8-9,14H,4-7,10-13H2,1-3H3,(H,24,29). The average Bonchev–Trinajstić information content (AvgIpc) is 2.93. The van der Waals surface area contributed by atoms with Gasteiger partial charge in [-0.3, -0.25) is 4.79 Å². The van der Waals surface area contributed by atoms with Gasteiger partial charge in [0.2, 0.25) is 5.91 Å². The van der Waals surface area contributed by atoms with E-state index >= 15 is 0 Å². The van der Waals surface area contributed by atoms with Crippen LogP contribution in [-0.4, -0.2) is 34.1 Å². The van der Waals surface area contributed by atoms with Crippen molar-refractivity contribution in [2.45, 2.75) is 59.3 Å². The normalized spacial score (nSPS) is 14.7. The summed E-state index contributed by atoms with van der Waals surface area (Å²) >= 11 is 0. The molecule has 0 saturated carbocycles. The molecule has 3 heterocycles. The highest BCUT2D eigenvalue weighted by molar-refractivity contribution is 5.92. The van der Waals surface area contributed by atoms with Crippen LogP contribution in [0.4, 0.5) is 11.5 Å². The topological polar surface area (TPSA) is 84.2 Å². The number of hydrogen-bond acceptors (Lipinski definition) is 6. The molecule has 1 amide bonds. The smallest absolute Gasteiger partial charge is 0.263 e. The molecule has 1 aromatic carbocycles. The number of aromatic nitrogens is 3. The van der Waals surface area contributed by atoms with Gasteiger partial charge in [-0.2, -0.15) is 4.98 Å². The lowest BCUT2D eigenvalue weighted by Crippen LogP contribution is -2.26. The Morgan fingerprint density at radius 2 is 1.87 bits per heavy atom. The number of aryl methyl sites for hydroxylation is 4. The summed E-state index contributed by atoms with van der Waals surface area (Å²) in [6.07, 6.45) is 5.57. The Hall–Kier alpha value is -2.96. The minimum Gasteiger partial charge on any atom is -0.356 e. The van der Waals surface area contributed by atoms with Gasteiger partial charge in [0, 0.05) is 31.6 Å². The molecule has 1 saturated heterocycles. The van der Waals surface area contributed by atoms with Crippen LogP contribution in [-0.2, 0) is 11.2 Å². The van der Waals surface area contributed by atoms with E-state index in [0.29, 0.717) is 24.4 Å². The van der Waals surface area contributed by atoms with Crippen molar-refractivity contribution >= 4 is 28.5 Å². The molecule has 7 heteroatoms. The van der Waals surface area contributed by atoms with E-state index in [-0.39, 0.29) is 5.91 Å².